The van der Waals surface area contributed by atoms with Gasteiger partial charge in [-0.2, -0.15) is 0 Å². The van der Waals surface area contributed by atoms with Crippen LogP contribution in [0, 0.1) is 5.82 Å². The monoisotopic (exact) mass is 314 g/mol. The topological polar surface area (TPSA) is 29.3 Å². The number of nitrogens with two attached hydrogens (primary N) is 1. The number of nitrogens with zero attached hydrogens (tertiary/aromatic N) is 1. The van der Waals surface area contributed by atoms with E-state index < -0.39 is 0 Å². The molecule has 2 nitrogen and oxygen atoms in total. The van der Waals surface area contributed by atoms with E-state index in [2.05, 4.69) is 20.8 Å². The molecule has 100 valence electrons. The van der Waals surface area contributed by atoms with Gasteiger partial charge >= 0.3 is 0 Å². The molecule has 1 saturated carbocycles. The lowest BCUT2D eigenvalue weighted by atomic mass is 10.1. The van der Waals surface area contributed by atoms with Crippen molar-refractivity contribution in [3.05, 3.63) is 34.1 Å². The molecule has 0 unspecified atom stereocenters. The summed E-state index contributed by atoms with van der Waals surface area (Å²) in [4.78, 5) is 2.33. The van der Waals surface area contributed by atoms with Crippen molar-refractivity contribution in [1.29, 1.82) is 0 Å². The molecule has 18 heavy (non-hydrogen) atoms. The molecule has 0 radical (unpaired) electrons. The number of hydrogen-bond acceptors (Lipinski definition) is 2. The van der Waals surface area contributed by atoms with Crippen molar-refractivity contribution in [2.24, 2.45) is 5.73 Å². The van der Waals surface area contributed by atoms with Gasteiger partial charge in [-0.15, -0.1) is 0 Å². The van der Waals surface area contributed by atoms with Gasteiger partial charge in [-0.05, 0) is 31.0 Å². The summed E-state index contributed by atoms with van der Waals surface area (Å²) in [5.74, 6) is -0.127. The minimum Gasteiger partial charge on any atom is -0.329 e. The van der Waals surface area contributed by atoms with E-state index in [9.17, 15) is 4.39 Å². The maximum absolute atomic E-state index is 13.8. The van der Waals surface area contributed by atoms with E-state index >= 15 is 0 Å². The molecular formula is C14H20BrFN2. The van der Waals surface area contributed by atoms with Crippen LogP contribution < -0.4 is 5.73 Å². The Morgan fingerprint density at radius 1 is 1.33 bits per heavy atom. The zero-order chi connectivity index (χ0) is 13.0. The van der Waals surface area contributed by atoms with Gasteiger partial charge in [-0.25, -0.2) is 4.39 Å². The van der Waals surface area contributed by atoms with Gasteiger partial charge in [0, 0.05) is 35.7 Å². The maximum Gasteiger partial charge on any atom is 0.127 e. The normalized spacial score (nSPS) is 16.7. The van der Waals surface area contributed by atoms with Crippen molar-refractivity contribution >= 4 is 15.9 Å². The summed E-state index contributed by atoms with van der Waals surface area (Å²) in [7, 11) is 0. The highest BCUT2D eigenvalue weighted by Crippen LogP contribution is 2.26. The smallest absolute Gasteiger partial charge is 0.127 e. The van der Waals surface area contributed by atoms with Crippen LogP contribution in [0.4, 0.5) is 4.39 Å². The molecule has 1 aliphatic carbocycles. The van der Waals surface area contributed by atoms with Gasteiger partial charge in [-0.1, -0.05) is 28.8 Å². The molecule has 0 aromatic heterocycles. The standard InChI is InChI=1S/C14H20BrFN2/c15-12-5-6-14(16)11(9-12)10-18(8-7-17)13-3-1-2-4-13/h5-6,9,13H,1-4,7-8,10,17H2. The molecule has 4 heteroatoms. The summed E-state index contributed by atoms with van der Waals surface area (Å²) in [5, 5.41) is 0. The summed E-state index contributed by atoms with van der Waals surface area (Å²) in [6.07, 6.45) is 5.00. The number of rotatable bonds is 5. The van der Waals surface area contributed by atoms with E-state index in [1.165, 1.54) is 31.7 Å². The van der Waals surface area contributed by atoms with Gasteiger partial charge < -0.3 is 5.73 Å². The molecule has 0 aliphatic heterocycles. The molecular weight excluding hydrogens is 295 g/mol. The van der Waals surface area contributed by atoms with Crippen LogP contribution in [0.25, 0.3) is 0 Å². The third-order valence-corrected chi connectivity index (χ3v) is 4.13. The first-order valence-corrected chi connectivity index (χ1v) is 7.38. The van der Waals surface area contributed by atoms with E-state index in [4.69, 9.17) is 5.73 Å². The number of halogens is 2. The maximum atomic E-state index is 13.8. The first-order valence-electron chi connectivity index (χ1n) is 6.58. The van der Waals surface area contributed by atoms with E-state index in [0.29, 0.717) is 19.1 Å². The van der Waals surface area contributed by atoms with Crippen LogP contribution in [0.2, 0.25) is 0 Å². The molecule has 2 rings (SSSR count). The fraction of sp³-hybridized carbons (Fsp3) is 0.571. The summed E-state index contributed by atoms with van der Waals surface area (Å²) >= 11 is 3.40. The lowest BCUT2D eigenvalue weighted by molar-refractivity contribution is 0.193. The first-order chi connectivity index (χ1) is 8.70. The van der Waals surface area contributed by atoms with Crippen molar-refractivity contribution in [3.8, 4) is 0 Å². The predicted octanol–water partition coefficient (Wildman–Crippen LogP) is 3.29. The Kier molecular flexibility index (Phi) is 5.15. The molecule has 1 fully saturated rings. The quantitative estimate of drug-likeness (QED) is 0.903. The second-order valence-corrected chi connectivity index (χ2v) is 5.85. The Balaban J connectivity index is 2.09. The molecule has 0 bridgehead atoms. The summed E-state index contributed by atoms with van der Waals surface area (Å²) in [5.41, 5.74) is 6.43. The van der Waals surface area contributed by atoms with Crippen LogP contribution in [0.15, 0.2) is 22.7 Å². The average molecular weight is 315 g/mol. The highest BCUT2D eigenvalue weighted by molar-refractivity contribution is 9.10. The lowest BCUT2D eigenvalue weighted by Gasteiger charge is -2.28. The molecule has 0 atom stereocenters. The molecule has 0 saturated heterocycles. The Morgan fingerprint density at radius 3 is 2.72 bits per heavy atom. The highest BCUT2D eigenvalue weighted by Gasteiger charge is 2.22. The van der Waals surface area contributed by atoms with Crippen molar-refractivity contribution in [2.75, 3.05) is 13.1 Å². The van der Waals surface area contributed by atoms with Crippen molar-refractivity contribution in [1.82, 2.24) is 4.90 Å². The fourth-order valence-corrected chi connectivity index (χ4v) is 3.12. The lowest BCUT2D eigenvalue weighted by Crippen LogP contribution is -2.36. The molecule has 1 aromatic rings. The van der Waals surface area contributed by atoms with Crippen LogP contribution >= 0.6 is 15.9 Å². The van der Waals surface area contributed by atoms with Crippen LogP contribution in [0.3, 0.4) is 0 Å². The fourth-order valence-electron chi connectivity index (χ4n) is 2.71. The van der Waals surface area contributed by atoms with Crippen LogP contribution in [0.1, 0.15) is 31.2 Å². The zero-order valence-electron chi connectivity index (χ0n) is 10.5. The molecule has 0 spiro atoms. The Hall–Kier alpha value is -0.450. The highest BCUT2D eigenvalue weighted by atomic mass is 79.9. The van der Waals surface area contributed by atoms with Crippen molar-refractivity contribution in [2.45, 2.75) is 38.3 Å². The van der Waals surface area contributed by atoms with Gasteiger partial charge in [0.15, 0.2) is 0 Å². The van der Waals surface area contributed by atoms with Crippen LogP contribution in [0.5, 0.6) is 0 Å². The van der Waals surface area contributed by atoms with Gasteiger partial charge in [0.1, 0.15) is 5.82 Å². The molecule has 1 aliphatic rings. The third-order valence-electron chi connectivity index (χ3n) is 3.64. The second kappa shape index (κ2) is 6.64. The summed E-state index contributed by atoms with van der Waals surface area (Å²) in [6, 6.07) is 5.70. The van der Waals surface area contributed by atoms with E-state index in [-0.39, 0.29) is 5.82 Å². The zero-order valence-corrected chi connectivity index (χ0v) is 12.1. The average Bonchev–Trinajstić information content (AvgIpc) is 2.87. The first kappa shape index (κ1) is 14.0. The third kappa shape index (κ3) is 3.53. The number of hydrogen-bond donors (Lipinski definition) is 1. The molecule has 0 amide bonds. The van der Waals surface area contributed by atoms with E-state index in [1.807, 2.05) is 6.07 Å². The summed E-state index contributed by atoms with van der Waals surface area (Å²) in [6.45, 7) is 2.13. The predicted molar refractivity (Wildman–Crippen MR) is 75.8 cm³/mol. The Bertz CT molecular complexity index is 391. The molecule has 0 heterocycles. The summed E-state index contributed by atoms with van der Waals surface area (Å²) < 4.78 is 14.7. The minimum atomic E-state index is -0.127. The van der Waals surface area contributed by atoms with Crippen molar-refractivity contribution in [3.63, 3.8) is 0 Å². The Morgan fingerprint density at radius 2 is 2.06 bits per heavy atom. The van der Waals surface area contributed by atoms with Gasteiger partial charge in [0.2, 0.25) is 0 Å². The molecule has 2 N–H and O–H groups in total. The van der Waals surface area contributed by atoms with E-state index in [1.54, 1.807) is 6.07 Å². The van der Waals surface area contributed by atoms with Crippen molar-refractivity contribution < 1.29 is 4.39 Å². The van der Waals surface area contributed by atoms with Crippen LogP contribution in [-0.4, -0.2) is 24.0 Å². The van der Waals surface area contributed by atoms with Gasteiger partial charge in [-0.3, -0.25) is 4.90 Å². The SMILES string of the molecule is NCCN(Cc1cc(Br)ccc1F)C1CCCC1. The van der Waals surface area contributed by atoms with Gasteiger partial charge in [0.05, 0.1) is 0 Å². The van der Waals surface area contributed by atoms with Gasteiger partial charge in [0.25, 0.3) is 0 Å². The Labute approximate surface area is 116 Å². The number of benzene rings is 1. The minimum absolute atomic E-state index is 0.127. The second-order valence-electron chi connectivity index (χ2n) is 4.93. The van der Waals surface area contributed by atoms with Crippen LogP contribution in [-0.2, 0) is 6.54 Å². The molecule has 1 aromatic carbocycles. The van der Waals surface area contributed by atoms with E-state index in [0.717, 1.165) is 16.6 Å². The largest absolute Gasteiger partial charge is 0.329 e.